The number of hydrogen-bond donors (Lipinski definition) is 3. The third-order valence-corrected chi connectivity index (χ3v) is 2.05. The molecule has 0 saturated heterocycles. The minimum Gasteiger partial charge on any atom is -0.394 e. The van der Waals surface area contributed by atoms with Crippen molar-refractivity contribution in [2.24, 2.45) is 0 Å². The highest BCUT2D eigenvalue weighted by Gasteiger charge is 2.04. The number of H-pyrrole nitrogens is 1. The second kappa shape index (κ2) is 3.67. The predicted molar refractivity (Wildman–Crippen MR) is 56.3 cm³/mol. The van der Waals surface area contributed by atoms with Crippen molar-refractivity contribution in [1.82, 2.24) is 9.97 Å². The summed E-state index contributed by atoms with van der Waals surface area (Å²) in [6, 6.07) is 7.83. The van der Waals surface area contributed by atoms with Gasteiger partial charge in [-0.25, -0.2) is 4.98 Å². The summed E-state index contributed by atoms with van der Waals surface area (Å²) in [5, 5.41) is 11.9. The van der Waals surface area contributed by atoms with Crippen LogP contribution in [0.3, 0.4) is 0 Å². The summed E-state index contributed by atoms with van der Waals surface area (Å²) in [5.74, 6) is 0.702. The molecule has 14 heavy (non-hydrogen) atoms. The molecule has 0 bridgehead atoms. The molecule has 74 valence electrons. The number of anilines is 1. The summed E-state index contributed by atoms with van der Waals surface area (Å²) in [6.07, 6.45) is 0. The lowest BCUT2D eigenvalue weighted by Crippen LogP contribution is -2.19. The highest BCUT2D eigenvalue weighted by Crippen LogP contribution is 2.13. The number of imidazole rings is 1. The summed E-state index contributed by atoms with van der Waals surface area (Å²) < 4.78 is 0. The third kappa shape index (κ3) is 1.70. The van der Waals surface area contributed by atoms with E-state index in [0.717, 1.165) is 11.0 Å². The fourth-order valence-electron chi connectivity index (χ4n) is 1.30. The summed E-state index contributed by atoms with van der Waals surface area (Å²) in [6.45, 7) is 1.99. The van der Waals surface area contributed by atoms with Crippen LogP contribution in [0.1, 0.15) is 6.92 Å². The molecule has 1 heterocycles. The molecule has 1 atom stereocenters. The van der Waals surface area contributed by atoms with E-state index in [9.17, 15) is 0 Å². The number of aromatic amines is 1. The Kier molecular flexibility index (Phi) is 2.37. The molecule has 0 amide bonds. The molecule has 0 radical (unpaired) electrons. The highest BCUT2D eigenvalue weighted by molar-refractivity contribution is 5.77. The molecule has 4 heteroatoms. The minimum atomic E-state index is 0.00978. The summed E-state index contributed by atoms with van der Waals surface area (Å²) in [7, 11) is 0. The monoisotopic (exact) mass is 191 g/mol. The number of para-hydroxylation sites is 2. The molecule has 0 aliphatic carbocycles. The first-order valence-corrected chi connectivity index (χ1v) is 4.62. The van der Waals surface area contributed by atoms with Gasteiger partial charge in [0.05, 0.1) is 17.6 Å². The van der Waals surface area contributed by atoms with Gasteiger partial charge >= 0.3 is 0 Å². The maximum atomic E-state index is 8.87. The smallest absolute Gasteiger partial charge is 0.201 e. The van der Waals surface area contributed by atoms with Crippen molar-refractivity contribution in [3.63, 3.8) is 0 Å². The number of aromatic nitrogens is 2. The topological polar surface area (TPSA) is 60.9 Å². The van der Waals surface area contributed by atoms with E-state index >= 15 is 0 Å². The van der Waals surface area contributed by atoms with Crippen LogP contribution in [-0.2, 0) is 0 Å². The molecule has 0 aliphatic heterocycles. The van der Waals surface area contributed by atoms with E-state index in [1.165, 1.54) is 0 Å². The van der Waals surface area contributed by atoms with Crippen LogP contribution in [0.25, 0.3) is 11.0 Å². The molecule has 2 rings (SSSR count). The minimum absolute atomic E-state index is 0.00978. The van der Waals surface area contributed by atoms with Gasteiger partial charge in [-0.1, -0.05) is 12.1 Å². The van der Waals surface area contributed by atoms with Gasteiger partial charge < -0.3 is 15.4 Å². The lowest BCUT2D eigenvalue weighted by atomic mass is 10.3. The number of hydrogen-bond acceptors (Lipinski definition) is 3. The Morgan fingerprint density at radius 2 is 2.29 bits per heavy atom. The maximum Gasteiger partial charge on any atom is 0.201 e. The first kappa shape index (κ1) is 9.02. The van der Waals surface area contributed by atoms with Gasteiger partial charge in [0, 0.05) is 6.04 Å². The summed E-state index contributed by atoms with van der Waals surface area (Å²) in [4.78, 5) is 7.45. The van der Waals surface area contributed by atoms with Gasteiger partial charge in [0.2, 0.25) is 5.95 Å². The number of nitrogens with one attached hydrogen (secondary N) is 2. The average Bonchev–Trinajstić information content (AvgIpc) is 2.59. The SMILES string of the molecule is C[C@@H](CO)Nc1nc2ccccc2[nH]1. The number of rotatable bonds is 3. The van der Waals surface area contributed by atoms with Crippen molar-refractivity contribution in [2.45, 2.75) is 13.0 Å². The van der Waals surface area contributed by atoms with Crippen LogP contribution in [-0.4, -0.2) is 27.7 Å². The molecular weight excluding hydrogens is 178 g/mol. The van der Waals surface area contributed by atoms with E-state index in [1.807, 2.05) is 31.2 Å². The lowest BCUT2D eigenvalue weighted by Gasteiger charge is -2.07. The Balaban J connectivity index is 2.27. The Labute approximate surface area is 82.0 Å². The van der Waals surface area contributed by atoms with Gasteiger partial charge in [-0.3, -0.25) is 0 Å². The van der Waals surface area contributed by atoms with E-state index in [0.29, 0.717) is 5.95 Å². The van der Waals surface area contributed by atoms with Gasteiger partial charge in [-0.05, 0) is 19.1 Å². The van der Waals surface area contributed by atoms with E-state index in [2.05, 4.69) is 15.3 Å². The molecule has 4 nitrogen and oxygen atoms in total. The molecule has 0 aliphatic rings. The zero-order chi connectivity index (χ0) is 9.97. The first-order chi connectivity index (χ1) is 6.79. The van der Waals surface area contributed by atoms with Crippen molar-refractivity contribution in [1.29, 1.82) is 0 Å². The molecule has 1 aromatic carbocycles. The number of aliphatic hydroxyl groups is 1. The van der Waals surface area contributed by atoms with Crippen molar-refractivity contribution in [2.75, 3.05) is 11.9 Å². The molecule has 2 aromatic rings. The molecule has 0 spiro atoms. The first-order valence-electron chi connectivity index (χ1n) is 4.62. The van der Waals surface area contributed by atoms with Gasteiger partial charge in [-0.15, -0.1) is 0 Å². The van der Waals surface area contributed by atoms with Gasteiger partial charge in [-0.2, -0.15) is 0 Å². The second-order valence-electron chi connectivity index (χ2n) is 3.33. The molecule has 0 unspecified atom stereocenters. The van der Waals surface area contributed by atoms with Gasteiger partial charge in [0.1, 0.15) is 0 Å². The molecule has 3 N–H and O–H groups in total. The Bertz CT molecular complexity index is 391. The van der Waals surface area contributed by atoms with Gasteiger partial charge in [0.25, 0.3) is 0 Å². The van der Waals surface area contributed by atoms with E-state index in [-0.39, 0.29) is 12.6 Å². The van der Waals surface area contributed by atoms with Crippen molar-refractivity contribution < 1.29 is 5.11 Å². The maximum absolute atomic E-state index is 8.87. The predicted octanol–water partition coefficient (Wildman–Crippen LogP) is 1.36. The van der Waals surface area contributed by atoms with Crippen LogP contribution < -0.4 is 5.32 Å². The molecular formula is C10H13N3O. The van der Waals surface area contributed by atoms with Gasteiger partial charge in [0.15, 0.2) is 0 Å². The number of aliphatic hydroxyl groups excluding tert-OH is 1. The summed E-state index contributed by atoms with van der Waals surface area (Å²) in [5.41, 5.74) is 1.93. The van der Waals surface area contributed by atoms with Crippen LogP contribution in [0.5, 0.6) is 0 Å². The van der Waals surface area contributed by atoms with E-state index < -0.39 is 0 Å². The Morgan fingerprint density at radius 3 is 3.00 bits per heavy atom. The standard InChI is InChI=1S/C10H13N3O/c1-7(6-14)11-10-12-8-4-2-3-5-9(8)13-10/h2-5,7,14H,6H2,1H3,(H2,11,12,13)/t7-/m0/s1. The fourth-order valence-corrected chi connectivity index (χ4v) is 1.30. The molecule has 0 saturated carbocycles. The van der Waals surface area contributed by atoms with Crippen LogP contribution in [0, 0.1) is 0 Å². The van der Waals surface area contributed by atoms with Crippen LogP contribution in [0.15, 0.2) is 24.3 Å². The molecule has 0 fully saturated rings. The number of benzene rings is 1. The fraction of sp³-hybridized carbons (Fsp3) is 0.300. The number of fused-ring (bicyclic) bond motifs is 1. The van der Waals surface area contributed by atoms with Crippen LogP contribution in [0.4, 0.5) is 5.95 Å². The van der Waals surface area contributed by atoms with Crippen LogP contribution in [0.2, 0.25) is 0 Å². The Morgan fingerprint density at radius 1 is 1.50 bits per heavy atom. The highest BCUT2D eigenvalue weighted by atomic mass is 16.3. The zero-order valence-electron chi connectivity index (χ0n) is 7.99. The number of nitrogens with zero attached hydrogens (tertiary/aromatic N) is 1. The second-order valence-corrected chi connectivity index (χ2v) is 3.33. The zero-order valence-corrected chi connectivity index (χ0v) is 7.99. The summed E-state index contributed by atoms with van der Waals surface area (Å²) >= 11 is 0. The van der Waals surface area contributed by atoms with Crippen molar-refractivity contribution in [3.05, 3.63) is 24.3 Å². The average molecular weight is 191 g/mol. The Hall–Kier alpha value is -1.55. The third-order valence-electron chi connectivity index (χ3n) is 2.05. The molecule has 1 aromatic heterocycles. The van der Waals surface area contributed by atoms with Crippen LogP contribution >= 0.6 is 0 Å². The largest absolute Gasteiger partial charge is 0.394 e. The van der Waals surface area contributed by atoms with Crippen molar-refractivity contribution >= 4 is 17.0 Å². The van der Waals surface area contributed by atoms with Crippen molar-refractivity contribution in [3.8, 4) is 0 Å². The van der Waals surface area contributed by atoms with E-state index in [1.54, 1.807) is 0 Å². The quantitative estimate of drug-likeness (QED) is 0.686. The van der Waals surface area contributed by atoms with E-state index in [4.69, 9.17) is 5.11 Å². The normalized spacial score (nSPS) is 13.0. The lowest BCUT2D eigenvalue weighted by molar-refractivity contribution is 0.281.